The van der Waals surface area contributed by atoms with Crippen LogP contribution in [0.5, 0.6) is 0 Å². The van der Waals surface area contributed by atoms with Crippen LogP contribution in [-0.2, 0) is 6.42 Å². The van der Waals surface area contributed by atoms with Crippen molar-refractivity contribution in [2.45, 2.75) is 26.7 Å². The molecule has 0 radical (unpaired) electrons. The zero-order valence-electron chi connectivity index (χ0n) is 12.5. The fourth-order valence-electron chi connectivity index (χ4n) is 1.78. The summed E-state index contributed by atoms with van der Waals surface area (Å²) >= 11 is 0. The molecule has 3 aromatic rings. The second-order valence-corrected chi connectivity index (χ2v) is 4.43. The summed E-state index contributed by atoms with van der Waals surface area (Å²) in [5, 5.41) is 4.35. The van der Waals surface area contributed by atoms with Crippen LogP contribution in [0.3, 0.4) is 0 Å². The maximum atomic E-state index is 4.35. The lowest BCUT2D eigenvalue weighted by Gasteiger charge is -1.87. The number of rotatable bonds is 1. The lowest BCUT2D eigenvalue weighted by atomic mass is 10.3. The third-order valence-electron chi connectivity index (χ3n) is 2.84. The third-order valence-corrected chi connectivity index (χ3v) is 2.84. The van der Waals surface area contributed by atoms with Gasteiger partial charge in [-0.2, -0.15) is 5.10 Å². The Morgan fingerprint density at radius 3 is 2.62 bits per heavy atom. The molecule has 0 fully saturated rings. The Morgan fingerprint density at radius 2 is 1.95 bits per heavy atom. The van der Waals surface area contributed by atoms with E-state index in [0.29, 0.717) is 0 Å². The minimum absolute atomic E-state index is 0.851. The van der Waals surface area contributed by atoms with E-state index < -0.39 is 0 Å². The Labute approximate surface area is 125 Å². The van der Waals surface area contributed by atoms with E-state index >= 15 is 0 Å². The molecule has 0 unspecified atom stereocenters. The van der Waals surface area contributed by atoms with Crippen LogP contribution in [0.15, 0.2) is 54.9 Å². The molecule has 21 heavy (non-hydrogen) atoms. The van der Waals surface area contributed by atoms with Crippen LogP contribution in [0.25, 0.3) is 5.52 Å². The quantitative estimate of drug-likeness (QED) is 0.634. The van der Waals surface area contributed by atoms with Crippen LogP contribution in [0.4, 0.5) is 0 Å². The van der Waals surface area contributed by atoms with Gasteiger partial charge < -0.3 is 0 Å². The molecule has 0 aliphatic rings. The first kappa shape index (κ1) is 14.8. The molecule has 0 saturated heterocycles. The van der Waals surface area contributed by atoms with Gasteiger partial charge in [0, 0.05) is 18.8 Å². The van der Waals surface area contributed by atoms with Crippen LogP contribution >= 0.6 is 0 Å². The van der Waals surface area contributed by atoms with Crippen molar-refractivity contribution >= 4 is 5.52 Å². The van der Waals surface area contributed by atoms with E-state index in [1.807, 2.05) is 48.0 Å². The first-order valence-electron chi connectivity index (χ1n) is 7.16. The second-order valence-electron chi connectivity index (χ2n) is 4.43. The van der Waals surface area contributed by atoms with Gasteiger partial charge in [-0.25, -0.2) is 9.50 Å². The summed E-state index contributed by atoms with van der Waals surface area (Å²) in [7, 11) is 0. The van der Waals surface area contributed by atoms with E-state index in [9.17, 15) is 0 Å². The summed E-state index contributed by atoms with van der Waals surface area (Å²) in [5.41, 5.74) is 3.17. The molecule has 0 amide bonds. The van der Waals surface area contributed by atoms with Gasteiger partial charge in [-0.05, 0) is 42.7 Å². The maximum absolute atomic E-state index is 4.35. The molecule has 0 aromatic carbocycles. The summed E-state index contributed by atoms with van der Waals surface area (Å²) in [6.45, 7) is 4.14. The maximum Gasteiger partial charge on any atom is 0.113 e. The first-order valence-corrected chi connectivity index (χ1v) is 7.16. The zero-order valence-corrected chi connectivity index (χ0v) is 12.5. The summed E-state index contributed by atoms with van der Waals surface area (Å²) in [6, 6.07) is 13.9. The molecule has 3 aromatic heterocycles. The fourth-order valence-corrected chi connectivity index (χ4v) is 1.78. The number of hydrogen-bond donors (Lipinski definition) is 0. The van der Waals surface area contributed by atoms with Crippen LogP contribution in [0.2, 0.25) is 0 Å². The predicted molar refractivity (Wildman–Crippen MR) is 86.0 cm³/mol. The highest BCUT2D eigenvalue weighted by Gasteiger charge is 1.95. The van der Waals surface area contributed by atoms with Gasteiger partial charge in [0.25, 0.3) is 0 Å². The van der Waals surface area contributed by atoms with Crippen molar-refractivity contribution in [3.8, 4) is 11.8 Å². The van der Waals surface area contributed by atoms with Crippen molar-refractivity contribution in [2.24, 2.45) is 0 Å². The monoisotopic (exact) mass is 277 g/mol. The summed E-state index contributed by atoms with van der Waals surface area (Å²) in [5.74, 6) is 5.89. The van der Waals surface area contributed by atoms with Gasteiger partial charge in [0.05, 0.1) is 11.2 Å². The van der Waals surface area contributed by atoms with Gasteiger partial charge in [-0.15, -0.1) is 0 Å². The van der Waals surface area contributed by atoms with E-state index in [-0.39, 0.29) is 0 Å². The smallest absolute Gasteiger partial charge is 0.113 e. The van der Waals surface area contributed by atoms with Gasteiger partial charge >= 0.3 is 0 Å². The number of fused-ring (bicyclic) bond motifs is 1. The minimum Gasteiger partial charge on any atom is -0.248 e. The largest absolute Gasteiger partial charge is 0.248 e. The average Bonchev–Trinajstić information content (AvgIpc) is 2.98. The Kier molecular flexibility index (Phi) is 5.54. The standard InChI is InChI=1S/C9H10N2.C9H9N/c1-2-8-7-9-5-3-4-6-11(9)10-8;1-2-3-6-9-7-4-5-8-10-9/h3-7H,2H2,1H3;4-5,7-8H,2H2,1H3. The average molecular weight is 277 g/mol. The van der Waals surface area contributed by atoms with Crippen molar-refractivity contribution in [2.75, 3.05) is 0 Å². The Morgan fingerprint density at radius 1 is 1.10 bits per heavy atom. The van der Waals surface area contributed by atoms with Crippen LogP contribution in [0, 0.1) is 11.8 Å². The van der Waals surface area contributed by atoms with Crippen molar-refractivity contribution in [3.05, 3.63) is 66.2 Å². The summed E-state index contributed by atoms with van der Waals surface area (Å²) < 4.78 is 1.90. The highest BCUT2D eigenvalue weighted by atomic mass is 15.2. The molecule has 0 saturated carbocycles. The molecule has 0 bridgehead atoms. The van der Waals surface area contributed by atoms with E-state index in [2.05, 4.69) is 41.0 Å². The van der Waals surface area contributed by atoms with E-state index in [4.69, 9.17) is 0 Å². The Hall–Kier alpha value is -2.60. The Balaban J connectivity index is 0.000000155. The molecular formula is C18H19N3. The number of hydrogen-bond acceptors (Lipinski definition) is 2. The Bertz CT molecular complexity index is 700. The van der Waals surface area contributed by atoms with Crippen molar-refractivity contribution < 1.29 is 0 Å². The number of nitrogens with zero attached hydrogens (tertiary/aromatic N) is 3. The van der Waals surface area contributed by atoms with Crippen molar-refractivity contribution in [1.29, 1.82) is 0 Å². The van der Waals surface area contributed by atoms with Gasteiger partial charge in [0.2, 0.25) is 0 Å². The van der Waals surface area contributed by atoms with E-state index in [1.54, 1.807) is 6.20 Å². The lowest BCUT2D eigenvalue weighted by Crippen LogP contribution is -1.85. The molecule has 3 heteroatoms. The van der Waals surface area contributed by atoms with Crippen molar-refractivity contribution in [1.82, 2.24) is 14.6 Å². The van der Waals surface area contributed by atoms with E-state index in [1.165, 1.54) is 5.52 Å². The van der Waals surface area contributed by atoms with Crippen LogP contribution < -0.4 is 0 Å². The molecule has 0 atom stereocenters. The normalized spacial score (nSPS) is 9.43. The minimum atomic E-state index is 0.851. The second kappa shape index (κ2) is 7.86. The zero-order chi connectivity index (χ0) is 14.9. The highest BCUT2D eigenvalue weighted by molar-refractivity contribution is 5.46. The molecule has 0 aliphatic carbocycles. The molecule has 0 spiro atoms. The molecule has 106 valence electrons. The highest BCUT2D eigenvalue weighted by Crippen LogP contribution is 2.05. The van der Waals surface area contributed by atoms with Gasteiger partial charge in [-0.1, -0.05) is 31.9 Å². The predicted octanol–water partition coefficient (Wildman–Crippen LogP) is 3.74. The first-order chi connectivity index (χ1) is 10.3. The van der Waals surface area contributed by atoms with Crippen molar-refractivity contribution in [3.63, 3.8) is 0 Å². The topological polar surface area (TPSA) is 30.2 Å². The third kappa shape index (κ3) is 4.47. The SMILES string of the molecule is CCC#Cc1ccccn1.CCc1cc2ccccn2n1. The molecule has 0 N–H and O–H groups in total. The van der Waals surface area contributed by atoms with Crippen LogP contribution in [-0.4, -0.2) is 14.6 Å². The molecule has 0 aliphatic heterocycles. The molecular weight excluding hydrogens is 258 g/mol. The molecule has 3 nitrogen and oxygen atoms in total. The van der Waals surface area contributed by atoms with E-state index in [0.717, 1.165) is 24.2 Å². The lowest BCUT2D eigenvalue weighted by molar-refractivity contribution is 0.898. The van der Waals surface area contributed by atoms with Crippen LogP contribution in [0.1, 0.15) is 31.7 Å². The number of aryl methyl sites for hydroxylation is 1. The van der Waals surface area contributed by atoms with Gasteiger partial charge in [0.1, 0.15) is 5.69 Å². The molecule has 3 rings (SSSR count). The number of pyridine rings is 2. The van der Waals surface area contributed by atoms with Gasteiger partial charge in [-0.3, -0.25) is 0 Å². The number of aromatic nitrogens is 3. The summed E-state index contributed by atoms with van der Waals surface area (Å²) in [4.78, 5) is 4.04. The molecule has 3 heterocycles. The fraction of sp³-hybridized carbons (Fsp3) is 0.222. The van der Waals surface area contributed by atoms with Gasteiger partial charge in [0.15, 0.2) is 0 Å². The summed E-state index contributed by atoms with van der Waals surface area (Å²) in [6.07, 6.45) is 5.60.